The Morgan fingerprint density at radius 1 is 0.931 bits per heavy atom. The second-order valence-corrected chi connectivity index (χ2v) is 8.46. The van der Waals surface area contributed by atoms with Crippen LogP contribution in [0.3, 0.4) is 0 Å². The number of carbonyl (C=O) groups excluding carboxylic acids is 1. The van der Waals surface area contributed by atoms with Crippen LogP contribution in [0.1, 0.15) is 29.8 Å². The van der Waals surface area contributed by atoms with Gasteiger partial charge in [0.05, 0.1) is 26.2 Å². The number of allylic oxidation sites excluding steroid dienone is 1. The Bertz CT molecular complexity index is 1090. The predicted molar refractivity (Wildman–Crippen MR) is 109 cm³/mol. The Morgan fingerprint density at radius 3 is 2.17 bits per heavy atom. The van der Waals surface area contributed by atoms with Crippen molar-refractivity contribution in [3.05, 3.63) is 53.2 Å². The fourth-order valence-corrected chi connectivity index (χ4v) is 5.27. The van der Waals surface area contributed by atoms with Crippen LogP contribution < -0.4 is 14.2 Å². The molecule has 0 atom stereocenters. The number of ketones is 1. The lowest BCUT2D eigenvalue weighted by Gasteiger charge is -2.34. The van der Waals surface area contributed by atoms with Crippen LogP contribution in [-0.4, -0.2) is 45.9 Å². The van der Waals surface area contributed by atoms with Crippen LogP contribution in [0.5, 0.6) is 17.2 Å². The molecule has 3 rings (SSSR count). The van der Waals surface area contributed by atoms with E-state index in [1.54, 1.807) is 38.1 Å². The summed E-state index contributed by atoms with van der Waals surface area (Å²) in [6.45, 7) is 3.44. The molecule has 0 amide bonds. The van der Waals surface area contributed by atoms with E-state index in [0.717, 1.165) is 4.31 Å². The second kappa shape index (κ2) is 7.79. The highest BCUT2D eigenvalue weighted by atomic mass is 32.2. The number of ether oxygens (including phenoxy) is 3. The zero-order valence-electron chi connectivity index (χ0n) is 16.9. The lowest BCUT2D eigenvalue weighted by Crippen LogP contribution is -2.43. The summed E-state index contributed by atoms with van der Waals surface area (Å²) in [5.74, 6) is 0.778. The number of fused-ring (bicyclic) bond motifs is 1. The normalized spacial score (nSPS) is 16.7. The molecule has 29 heavy (non-hydrogen) atoms. The molecule has 0 saturated carbocycles. The predicted octanol–water partition coefficient (Wildman–Crippen LogP) is 3.35. The topological polar surface area (TPSA) is 82.1 Å². The fourth-order valence-electron chi connectivity index (χ4n) is 3.42. The van der Waals surface area contributed by atoms with Crippen molar-refractivity contribution in [2.75, 3.05) is 21.3 Å². The van der Waals surface area contributed by atoms with Crippen molar-refractivity contribution in [2.24, 2.45) is 0 Å². The minimum Gasteiger partial charge on any atom is -0.493 e. The SMILES string of the molecule is COc1ccc(C=C2C(=O)c3ccccc3S(=O)(=O)N2C(C)C)c(OC)c1OC. The van der Waals surface area contributed by atoms with Gasteiger partial charge in [-0.1, -0.05) is 12.1 Å². The molecule has 154 valence electrons. The first-order valence-corrected chi connectivity index (χ1v) is 10.4. The summed E-state index contributed by atoms with van der Waals surface area (Å²) in [6.07, 6.45) is 1.51. The number of carbonyl (C=O) groups is 1. The van der Waals surface area contributed by atoms with E-state index in [4.69, 9.17) is 14.2 Å². The zero-order valence-corrected chi connectivity index (χ0v) is 17.7. The molecule has 1 aliphatic heterocycles. The van der Waals surface area contributed by atoms with Gasteiger partial charge in [0.1, 0.15) is 5.70 Å². The molecule has 2 aromatic carbocycles. The van der Waals surface area contributed by atoms with Crippen LogP contribution in [0.15, 0.2) is 47.0 Å². The first-order chi connectivity index (χ1) is 13.8. The Labute approximate surface area is 170 Å². The van der Waals surface area contributed by atoms with Gasteiger partial charge in [-0.3, -0.25) is 9.10 Å². The first-order valence-electron chi connectivity index (χ1n) is 8.96. The van der Waals surface area contributed by atoms with Crippen LogP contribution in [0, 0.1) is 0 Å². The van der Waals surface area contributed by atoms with E-state index in [0.29, 0.717) is 22.8 Å². The summed E-state index contributed by atoms with van der Waals surface area (Å²) >= 11 is 0. The lowest BCUT2D eigenvalue weighted by molar-refractivity contribution is 0.0996. The largest absolute Gasteiger partial charge is 0.493 e. The molecular formula is C21H23NO6S. The molecule has 0 N–H and O–H groups in total. The number of Topliss-reactive ketones (excluding diaryl/α,β-unsaturated/α-hetero) is 1. The third-order valence-electron chi connectivity index (χ3n) is 4.63. The minimum atomic E-state index is -3.88. The summed E-state index contributed by atoms with van der Waals surface area (Å²) < 4.78 is 43.8. The lowest BCUT2D eigenvalue weighted by atomic mass is 10.0. The van der Waals surface area contributed by atoms with Crippen molar-refractivity contribution in [1.29, 1.82) is 0 Å². The Hall–Kier alpha value is -3.00. The molecule has 0 bridgehead atoms. The van der Waals surface area contributed by atoms with Gasteiger partial charge in [-0.05, 0) is 44.2 Å². The molecule has 0 spiro atoms. The number of hydrogen-bond acceptors (Lipinski definition) is 6. The summed E-state index contributed by atoms with van der Waals surface area (Å²) in [5, 5.41) is 0. The van der Waals surface area contributed by atoms with E-state index in [2.05, 4.69) is 0 Å². The monoisotopic (exact) mass is 417 g/mol. The summed E-state index contributed by atoms with van der Waals surface area (Å²) in [7, 11) is 0.562. The number of sulfonamides is 1. The highest BCUT2D eigenvalue weighted by molar-refractivity contribution is 7.89. The molecule has 1 aliphatic rings. The minimum absolute atomic E-state index is 0.00938. The van der Waals surface area contributed by atoms with Gasteiger partial charge in [-0.2, -0.15) is 0 Å². The van der Waals surface area contributed by atoms with Crippen molar-refractivity contribution in [3.63, 3.8) is 0 Å². The number of nitrogens with zero attached hydrogens (tertiary/aromatic N) is 1. The number of hydrogen-bond donors (Lipinski definition) is 0. The van der Waals surface area contributed by atoms with Crippen molar-refractivity contribution in [1.82, 2.24) is 4.31 Å². The fraction of sp³-hybridized carbons (Fsp3) is 0.286. The van der Waals surface area contributed by atoms with E-state index in [1.165, 1.54) is 39.5 Å². The quantitative estimate of drug-likeness (QED) is 0.694. The number of benzene rings is 2. The molecular weight excluding hydrogens is 394 g/mol. The van der Waals surface area contributed by atoms with Crippen LogP contribution >= 0.6 is 0 Å². The third kappa shape index (κ3) is 3.33. The highest BCUT2D eigenvalue weighted by Gasteiger charge is 2.40. The summed E-state index contributed by atoms with van der Waals surface area (Å²) in [5.41, 5.74) is 0.688. The van der Waals surface area contributed by atoms with Gasteiger partial charge in [0.25, 0.3) is 10.0 Å². The van der Waals surface area contributed by atoms with Gasteiger partial charge >= 0.3 is 0 Å². The van der Waals surface area contributed by atoms with E-state index in [9.17, 15) is 13.2 Å². The van der Waals surface area contributed by atoms with Gasteiger partial charge < -0.3 is 14.2 Å². The molecule has 0 fully saturated rings. The average Bonchev–Trinajstić information content (AvgIpc) is 2.70. The smallest absolute Gasteiger partial charge is 0.265 e. The maximum absolute atomic E-state index is 13.2. The standard InChI is InChI=1S/C21H23NO6S/c1-13(2)22-16(19(23)15-8-6-7-9-18(15)29(22,24)25)12-14-10-11-17(26-3)21(28-5)20(14)27-4/h6-13H,1-5H3. The summed E-state index contributed by atoms with van der Waals surface area (Å²) in [6, 6.07) is 9.11. The highest BCUT2D eigenvalue weighted by Crippen LogP contribution is 2.42. The van der Waals surface area contributed by atoms with Crippen molar-refractivity contribution in [3.8, 4) is 17.2 Å². The Kier molecular flexibility index (Phi) is 5.57. The molecule has 0 unspecified atom stereocenters. The van der Waals surface area contributed by atoms with Gasteiger partial charge in [0, 0.05) is 17.2 Å². The molecule has 8 heteroatoms. The van der Waals surface area contributed by atoms with E-state index >= 15 is 0 Å². The van der Waals surface area contributed by atoms with Gasteiger partial charge in [-0.15, -0.1) is 0 Å². The maximum atomic E-state index is 13.2. The Balaban J connectivity index is 2.30. The third-order valence-corrected chi connectivity index (χ3v) is 6.68. The average molecular weight is 417 g/mol. The van der Waals surface area contributed by atoms with Crippen molar-refractivity contribution in [2.45, 2.75) is 24.8 Å². The van der Waals surface area contributed by atoms with Crippen LogP contribution in [0.2, 0.25) is 0 Å². The van der Waals surface area contributed by atoms with Crippen LogP contribution in [0.4, 0.5) is 0 Å². The molecule has 0 aliphatic carbocycles. The van der Waals surface area contributed by atoms with E-state index in [1.807, 2.05) is 0 Å². The molecule has 2 aromatic rings. The second-order valence-electron chi connectivity index (χ2n) is 6.67. The zero-order chi connectivity index (χ0) is 21.3. The maximum Gasteiger partial charge on any atom is 0.265 e. The molecule has 1 heterocycles. The Morgan fingerprint density at radius 2 is 1.59 bits per heavy atom. The molecule has 0 radical (unpaired) electrons. The van der Waals surface area contributed by atoms with Gasteiger partial charge in [0.15, 0.2) is 11.5 Å². The van der Waals surface area contributed by atoms with Crippen LogP contribution in [-0.2, 0) is 10.0 Å². The van der Waals surface area contributed by atoms with Crippen LogP contribution in [0.25, 0.3) is 6.08 Å². The van der Waals surface area contributed by atoms with Gasteiger partial charge in [-0.25, -0.2) is 8.42 Å². The summed E-state index contributed by atoms with van der Waals surface area (Å²) in [4.78, 5) is 13.2. The van der Waals surface area contributed by atoms with Crippen molar-refractivity contribution < 1.29 is 27.4 Å². The van der Waals surface area contributed by atoms with E-state index < -0.39 is 16.1 Å². The van der Waals surface area contributed by atoms with Gasteiger partial charge in [0.2, 0.25) is 11.5 Å². The molecule has 0 aromatic heterocycles. The van der Waals surface area contributed by atoms with Crippen molar-refractivity contribution >= 4 is 21.9 Å². The molecule has 0 saturated heterocycles. The number of methoxy groups -OCH3 is 3. The first kappa shape index (κ1) is 20.7. The molecule has 7 nitrogen and oxygen atoms in total. The number of rotatable bonds is 5. The van der Waals surface area contributed by atoms with E-state index in [-0.39, 0.29) is 21.9 Å².